The fourth-order valence-electron chi connectivity index (χ4n) is 1.54. The molecule has 100 valence electrons. The van der Waals surface area contributed by atoms with Crippen LogP contribution in [0.2, 0.25) is 10.0 Å². The Balaban J connectivity index is 2.00. The number of esters is 1. The summed E-state index contributed by atoms with van der Waals surface area (Å²) in [6.45, 7) is 0.294. The van der Waals surface area contributed by atoms with Crippen LogP contribution < -0.4 is 5.73 Å². The topological polar surface area (TPSA) is 52.3 Å². The highest BCUT2D eigenvalue weighted by Gasteiger charge is 2.15. The first-order valence-electron chi connectivity index (χ1n) is 5.52. The fraction of sp³-hybridized carbons (Fsp3) is 0.154. The third-order valence-corrected chi connectivity index (χ3v) is 4.17. The van der Waals surface area contributed by atoms with Crippen LogP contribution in [0.3, 0.4) is 0 Å². The van der Waals surface area contributed by atoms with Gasteiger partial charge in [0.15, 0.2) is 0 Å². The maximum atomic E-state index is 11.9. The van der Waals surface area contributed by atoms with Crippen molar-refractivity contribution in [2.45, 2.75) is 6.42 Å². The smallest absolute Gasteiger partial charge is 0.339 e. The quantitative estimate of drug-likeness (QED) is 0.684. The molecule has 0 radical (unpaired) electrons. The van der Waals surface area contributed by atoms with Gasteiger partial charge >= 0.3 is 5.97 Å². The number of nitrogens with two attached hydrogens (primary N) is 1. The summed E-state index contributed by atoms with van der Waals surface area (Å²) in [6, 6.07) is 6.90. The molecule has 1 aromatic carbocycles. The van der Waals surface area contributed by atoms with Crippen LogP contribution in [0, 0.1) is 0 Å². The summed E-state index contributed by atoms with van der Waals surface area (Å²) in [6.07, 6.45) is 0.678. The summed E-state index contributed by atoms with van der Waals surface area (Å²) in [5.41, 5.74) is 6.19. The van der Waals surface area contributed by atoms with Crippen LogP contribution in [-0.4, -0.2) is 12.6 Å². The second kappa shape index (κ2) is 6.28. The van der Waals surface area contributed by atoms with Gasteiger partial charge < -0.3 is 10.5 Å². The van der Waals surface area contributed by atoms with Crippen LogP contribution >= 0.6 is 34.5 Å². The molecule has 2 aromatic rings. The highest BCUT2D eigenvalue weighted by molar-refractivity contribution is 7.09. The van der Waals surface area contributed by atoms with Crippen molar-refractivity contribution in [1.29, 1.82) is 0 Å². The van der Waals surface area contributed by atoms with Crippen LogP contribution in [-0.2, 0) is 11.2 Å². The van der Waals surface area contributed by atoms with Crippen molar-refractivity contribution in [3.8, 4) is 0 Å². The molecule has 2 N–H and O–H groups in total. The summed E-state index contributed by atoms with van der Waals surface area (Å²) in [5, 5.41) is 2.38. The van der Waals surface area contributed by atoms with E-state index in [4.69, 9.17) is 33.7 Å². The predicted octanol–water partition coefficient (Wildman–Crippen LogP) is 4.04. The summed E-state index contributed by atoms with van der Waals surface area (Å²) >= 11 is 13.4. The molecule has 0 amide bonds. The van der Waals surface area contributed by atoms with E-state index in [1.54, 1.807) is 11.3 Å². The number of benzene rings is 1. The first-order chi connectivity index (χ1) is 9.08. The van der Waals surface area contributed by atoms with Gasteiger partial charge in [0.2, 0.25) is 0 Å². The van der Waals surface area contributed by atoms with Crippen LogP contribution in [0.25, 0.3) is 0 Å². The Hall–Kier alpha value is -1.23. The van der Waals surface area contributed by atoms with E-state index in [2.05, 4.69) is 0 Å². The van der Waals surface area contributed by atoms with Crippen molar-refractivity contribution in [3.05, 3.63) is 50.1 Å². The van der Waals surface area contributed by atoms with E-state index < -0.39 is 5.97 Å². The van der Waals surface area contributed by atoms with Gasteiger partial charge in [-0.2, -0.15) is 0 Å². The molecule has 0 fully saturated rings. The Morgan fingerprint density at radius 2 is 2.16 bits per heavy atom. The lowest BCUT2D eigenvalue weighted by atomic mass is 10.2. The number of rotatable bonds is 4. The van der Waals surface area contributed by atoms with Crippen molar-refractivity contribution in [2.75, 3.05) is 12.3 Å². The summed E-state index contributed by atoms with van der Waals surface area (Å²) < 4.78 is 5.16. The lowest BCUT2D eigenvalue weighted by Crippen LogP contribution is -2.09. The Bertz CT molecular complexity index is 585. The minimum absolute atomic E-state index is 0.164. The summed E-state index contributed by atoms with van der Waals surface area (Å²) in [4.78, 5) is 13.0. The van der Waals surface area contributed by atoms with Gasteiger partial charge in [-0.1, -0.05) is 29.3 Å². The Morgan fingerprint density at radius 1 is 1.37 bits per heavy atom. The number of nitrogen functional groups attached to an aromatic ring is 1. The minimum Gasteiger partial charge on any atom is -0.462 e. The summed E-state index contributed by atoms with van der Waals surface area (Å²) in [5.74, 6) is -0.518. The third-order valence-electron chi connectivity index (χ3n) is 2.43. The van der Waals surface area contributed by atoms with Crippen molar-refractivity contribution in [1.82, 2.24) is 0 Å². The van der Waals surface area contributed by atoms with E-state index in [9.17, 15) is 4.79 Å². The van der Waals surface area contributed by atoms with Gasteiger partial charge in [0, 0.05) is 17.0 Å². The first-order valence-corrected chi connectivity index (χ1v) is 7.15. The minimum atomic E-state index is -0.518. The molecule has 3 nitrogen and oxygen atoms in total. The SMILES string of the molecule is Nc1cc(Cl)c(Cl)c(C(=O)OCCc2cccs2)c1. The van der Waals surface area contributed by atoms with Gasteiger partial charge in [0.1, 0.15) is 0 Å². The second-order valence-corrected chi connectivity index (χ2v) is 5.65. The number of carbonyl (C=O) groups excluding carboxylic acids is 1. The molecule has 1 heterocycles. The molecule has 0 saturated carbocycles. The second-order valence-electron chi connectivity index (χ2n) is 3.83. The van der Waals surface area contributed by atoms with Crippen molar-refractivity contribution < 1.29 is 9.53 Å². The molecule has 19 heavy (non-hydrogen) atoms. The van der Waals surface area contributed by atoms with Gasteiger partial charge in [-0.05, 0) is 23.6 Å². The number of anilines is 1. The zero-order valence-electron chi connectivity index (χ0n) is 9.86. The molecule has 0 aliphatic carbocycles. The summed E-state index contributed by atoms with van der Waals surface area (Å²) in [7, 11) is 0. The van der Waals surface area contributed by atoms with E-state index in [0.717, 1.165) is 4.88 Å². The zero-order chi connectivity index (χ0) is 13.8. The van der Waals surface area contributed by atoms with Crippen LogP contribution in [0.5, 0.6) is 0 Å². The molecule has 6 heteroatoms. The number of thiophene rings is 1. The van der Waals surface area contributed by atoms with Crippen LogP contribution in [0.1, 0.15) is 15.2 Å². The fourth-order valence-corrected chi connectivity index (χ4v) is 2.64. The van der Waals surface area contributed by atoms with E-state index in [1.807, 2.05) is 17.5 Å². The molecule has 2 rings (SSSR count). The number of carbonyl (C=O) groups is 1. The normalized spacial score (nSPS) is 10.4. The van der Waals surface area contributed by atoms with Gasteiger partial charge in [0.05, 0.1) is 22.2 Å². The molecular weight excluding hydrogens is 305 g/mol. The van der Waals surface area contributed by atoms with E-state index >= 15 is 0 Å². The Morgan fingerprint density at radius 3 is 2.84 bits per heavy atom. The average Bonchev–Trinajstić information content (AvgIpc) is 2.86. The number of hydrogen-bond donors (Lipinski definition) is 1. The highest BCUT2D eigenvalue weighted by atomic mass is 35.5. The lowest BCUT2D eigenvalue weighted by molar-refractivity contribution is 0.0510. The number of ether oxygens (including phenoxy) is 1. The largest absolute Gasteiger partial charge is 0.462 e. The molecule has 1 aromatic heterocycles. The van der Waals surface area contributed by atoms with E-state index in [1.165, 1.54) is 12.1 Å². The molecular formula is C13H11Cl2NO2S. The Kier molecular flexibility index (Phi) is 4.69. The molecule has 0 bridgehead atoms. The van der Waals surface area contributed by atoms with Gasteiger partial charge in [-0.3, -0.25) is 0 Å². The predicted molar refractivity (Wildman–Crippen MR) is 79.2 cm³/mol. The molecule has 0 spiro atoms. The molecule has 0 atom stereocenters. The number of hydrogen-bond acceptors (Lipinski definition) is 4. The maximum absolute atomic E-state index is 11.9. The zero-order valence-corrected chi connectivity index (χ0v) is 12.2. The molecule has 0 saturated heterocycles. The number of halogens is 2. The third kappa shape index (κ3) is 3.62. The van der Waals surface area contributed by atoms with Gasteiger partial charge in [0.25, 0.3) is 0 Å². The highest BCUT2D eigenvalue weighted by Crippen LogP contribution is 2.29. The van der Waals surface area contributed by atoms with Crippen LogP contribution in [0.4, 0.5) is 5.69 Å². The standard InChI is InChI=1S/C13H11Cl2NO2S/c14-11-7-8(16)6-10(12(11)15)13(17)18-4-3-9-2-1-5-19-9/h1-2,5-7H,3-4,16H2. The van der Waals surface area contributed by atoms with Gasteiger partial charge in [-0.15, -0.1) is 11.3 Å². The van der Waals surface area contributed by atoms with Gasteiger partial charge in [-0.25, -0.2) is 4.79 Å². The lowest BCUT2D eigenvalue weighted by Gasteiger charge is -2.08. The molecule has 0 unspecified atom stereocenters. The monoisotopic (exact) mass is 315 g/mol. The maximum Gasteiger partial charge on any atom is 0.339 e. The van der Waals surface area contributed by atoms with Crippen molar-refractivity contribution in [2.24, 2.45) is 0 Å². The van der Waals surface area contributed by atoms with Crippen molar-refractivity contribution >= 4 is 46.2 Å². The molecule has 0 aliphatic rings. The van der Waals surface area contributed by atoms with E-state index in [0.29, 0.717) is 18.7 Å². The van der Waals surface area contributed by atoms with Crippen molar-refractivity contribution in [3.63, 3.8) is 0 Å². The van der Waals surface area contributed by atoms with Crippen LogP contribution in [0.15, 0.2) is 29.6 Å². The average molecular weight is 316 g/mol. The Labute approximate surface area is 124 Å². The van der Waals surface area contributed by atoms with E-state index in [-0.39, 0.29) is 15.6 Å². The molecule has 0 aliphatic heterocycles. The first kappa shape index (κ1) is 14.2.